The molecule has 0 bridgehead atoms. The zero-order valence-corrected chi connectivity index (χ0v) is 14.0. The summed E-state index contributed by atoms with van der Waals surface area (Å²) in [6.07, 6.45) is 0.981. The van der Waals surface area contributed by atoms with Crippen LogP contribution in [-0.2, 0) is 4.79 Å². The summed E-state index contributed by atoms with van der Waals surface area (Å²) in [6.45, 7) is 6.75. The molecule has 0 radical (unpaired) electrons. The summed E-state index contributed by atoms with van der Waals surface area (Å²) in [7, 11) is 0. The molecule has 3 heteroatoms. The van der Waals surface area contributed by atoms with Crippen LogP contribution in [0.4, 0.5) is 0 Å². The van der Waals surface area contributed by atoms with Gasteiger partial charge in [0.15, 0.2) is 0 Å². The second-order valence-electron chi connectivity index (χ2n) is 5.92. The molecule has 2 rings (SSSR count). The van der Waals surface area contributed by atoms with Crippen LogP contribution in [0.15, 0.2) is 48.5 Å². The highest BCUT2D eigenvalue weighted by Gasteiger charge is 2.07. The van der Waals surface area contributed by atoms with Gasteiger partial charge in [-0.25, -0.2) is 0 Å². The van der Waals surface area contributed by atoms with Crippen molar-refractivity contribution >= 4 is 5.97 Å². The lowest BCUT2D eigenvalue weighted by Crippen LogP contribution is -2.10. The molecule has 0 heterocycles. The molecule has 0 saturated carbocycles. The Kier molecular flexibility index (Phi) is 6.21. The second-order valence-corrected chi connectivity index (χ2v) is 5.92. The number of benzene rings is 2. The molecule has 0 aliphatic carbocycles. The maximum atomic E-state index is 11.8. The summed E-state index contributed by atoms with van der Waals surface area (Å²) in [5.41, 5.74) is 2.25. The van der Waals surface area contributed by atoms with Crippen molar-refractivity contribution in [3.05, 3.63) is 59.7 Å². The van der Waals surface area contributed by atoms with Crippen LogP contribution in [0.2, 0.25) is 0 Å². The number of hydrogen-bond donors (Lipinski definition) is 0. The lowest BCUT2D eigenvalue weighted by atomic mass is 10.0. The van der Waals surface area contributed by atoms with Crippen molar-refractivity contribution in [1.29, 1.82) is 0 Å². The first-order chi connectivity index (χ1) is 11.1. The minimum atomic E-state index is -0.224. The molecule has 122 valence electrons. The Hall–Kier alpha value is -2.29. The van der Waals surface area contributed by atoms with Crippen molar-refractivity contribution in [2.24, 2.45) is 0 Å². The highest BCUT2D eigenvalue weighted by Crippen LogP contribution is 2.19. The van der Waals surface area contributed by atoms with E-state index in [9.17, 15) is 4.79 Å². The van der Waals surface area contributed by atoms with Crippen LogP contribution in [0.3, 0.4) is 0 Å². The molecule has 0 atom stereocenters. The van der Waals surface area contributed by atoms with Crippen LogP contribution in [0.1, 0.15) is 43.7 Å². The molecule has 0 saturated heterocycles. The van der Waals surface area contributed by atoms with Crippen LogP contribution in [0, 0.1) is 6.92 Å². The van der Waals surface area contributed by atoms with Crippen molar-refractivity contribution in [2.45, 2.75) is 39.5 Å². The fourth-order valence-electron chi connectivity index (χ4n) is 2.20. The van der Waals surface area contributed by atoms with Crippen molar-refractivity contribution in [3.63, 3.8) is 0 Å². The van der Waals surface area contributed by atoms with Crippen LogP contribution >= 0.6 is 0 Å². The van der Waals surface area contributed by atoms with E-state index in [1.54, 1.807) is 6.07 Å². The summed E-state index contributed by atoms with van der Waals surface area (Å²) in [5, 5.41) is 0. The maximum Gasteiger partial charge on any atom is 0.311 e. The number of carbonyl (C=O) groups is 1. The normalized spacial score (nSPS) is 10.6. The van der Waals surface area contributed by atoms with Gasteiger partial charge in [0.2, 0.25) is 0 Å². The second kappa shape index (κ2) is 8.37. The molecule has 2 aromatic carbocycles. The summed E-state index contributed by atoms with van der Waals surface area (Å²) in [4.78, 5) is 11.8. The number of ether oxygens (including phenoxy) is 2. The molecule has 0 unspecified atom stereocenters. The Balaban J connectivity index is 1.70. The van der Waals surface area contributed by atoms with Crippen molar-refractivity contribution in [1.82, 2.24) is 0 Å². The Morgan fingerprint density at radius 1 is 1.04 bits per heavy atom. The number of rotatable bonds is 7. The van der Waals surface area contributed by atoms with Gasteiger partial charge in [0, 0.05) is 6.42 Å². The number of esters is 1. The minimum absolute atomic E-state index is 0.224. The SMILES string of the molecule is Cc1ccccc1OC(=O)CCCOc1ccc(C(C)C)cc1. The van der Waals surface area contributed by atoms with Gasteiger partial charge in [0.25, 0.3) is 0 Å². The van der Waals surface area contributed by atoms with Gasteiger partial charge in [-0.3, -0.25) is 4.79 Å². The fraction of sp³-hybridized carbons (Fsp3) is 0.350. The lowest BCUT2D eigenvalue weighted by Gasteiger charge is -2.09. The van der Waals surface area contributed by atoms with Crippen LogP contribution in [0.5, 0.6) is 11.5 Å². The van der Waals surface area contributed by atoms with Gasteiger partial charge in [-0.15, -0.1) is 0 Å². The molecular weight excluding hydrogens is 288 g/mol. The van der Waals surface area contributed by atoms with Gasteiger partial charge in [-0.2, -0.15) is 0 Å². The van der Waals surface area contributed by atoms with Crippen molar-refractivity contribution < 1.29 is 14.3 Å². The first-order valence-electron chi connectivity index (χ1n) is 8.05. The smallest absolute Gasteiger partial charge is 0.311 e. The van der Waals surface area contributed by atoms with E-state index in [2.05, 4.69) is 26.0 Å². The largest absolute Gasteiger partial charge is 0.494 e. The lowest BCUT2D eigenvalue weighted by molar-refractivity contribution is -0.134. The van der Waals surface area contributed by atoms with Crippen LogP contribution < -0.4 is 9.47 Å². The third kappa shape index (κ3) is 5.44. The molecule has 0 aliphatic rings. The third-order valence-corrected chi connectivity index (χ3v) is 3.66. The molecule has 3 nitrogen and oxygen atoms in total. The van der Waals surface area contributed by atoms with E-state index in [-0.39, 0.29) is 5.97 Å². The molecule has 0 amide bonds. The van der Waals surface area contributed by atoms with E-state index < -0.39 is 0 Å². The van der Waals surface area contributed by atoms with Crippen molar-refractivity contribution in [3.8, 4) is 11.5 Å². The Morgan fingerprint density at radius 3 is 2.39 bits per heavy atom. The predicted octanol–water partition coefficient (Wildman–Crippen LogP) is 4.88. The molecule has 0 fully saturated rings. The number of hydrogen-bond acceptors (Lipinski definition) is 3. The van der Waals surface area contributed by atoms with Crippen LogP contribution in [-0.4, -0.2) is 12.6 Å². The molecule has 0 N–H and O–H groups in total. The van der Waals surface area contributed by atoms with E-state index in [4.69, 9.17) is 9.47 Å². The predicted molar refractivity (Wildman–Crippen MR) is 92.1 cm³/mol. The summed E-state index contributed by atoms with van der Waals surface area (Å²) in [5.74, 6) is 1.75. The van der Waals surface area contributed by atoms with Crippen molar-refractivity contribution in [2.75, 3.05) is 6.61 Å². The summed E-state index contributed by atoms with van der Waals surface area (Å²) >= 11 is 0. The molecule has 0 spiro atoms. The minimum Gasteiger partial charge on any atom is -0.494 e. The van der Waals surface area contributed by atoms with Gasteiger partial charge in [-0.1, -0.05) is 44.2 Å². The van der Waals surface area contributed by atoms with E-state index in [0.29, 0.717) is 31.1 Å². The standard InChI is InChI=1S/C20H24O3/c1-15(2)17-10-12-18(13-11-17)22-14-6-9-20(21)23-19-8-5-4-7-16(19)3/h4-5,7-8,10-13,15H,6,9,14H2,1-3H3. The average Bonchev–Trinajstić information content (AvgIpc) is 2.54. The van der Waals surface area contributed by atoms with E-state index in [0.717, 1.165) is 11.3 Å². The highest BCUT2D eigenvalue weighted by atomic mass is 16.5. The van der Waals surface area contributed by atoms with E-state index in [1.165, 1.54) is 5.56 Å². The number of carbonyl (C=O) groups excluding carboxylic acids is 1. The van der Waals surface area contributed by atoms with E-state index in [1.807, 2.05) is 37.3 Å². The Morgan fingerprint density at radius 2 is 1.74 bits per heavy atom. The van der Waals surface area contributed by atoms with Gasteiger partial charge in [-0.05, 0) is 48.6 Å². The zero-order chi connectivity index (χ0) is 16.7. The van der Waals surface area contributed by atoms with Gasteiger partial charge >= 0.3 is 5.97 Å². The zero-order valence-electron chi connectivity index (χ0n) is 14.0. The number of para-hydroxylation sites is 1. The summed E-state index contributed by atoms with van der Waals surface area (Å²) < 4.78 is 11.0. The number of aryl methyl sites for hydroxylation is 1. The van der Waals surface area contributed by atoms with Gasteiger partial charge in [0.1, 0.15) is 11.5 Å². The Labute approximate surface area is 138 Å². The quantitative estimate of drug-likeness (QED) is 0.415. The van der Waals surface area contributed by atoms with Crippen LogP contribution in [0.25, 0.3) is 0 Å². The van der Waals surface area contributed by atoms with E-state index >= 15 is 0 Å². The van der Waals surface area contributed by atoms with Gasteiger partial charge < -0.3 is 9.47 Å². The molecule has 2 aromatic rings. The molecular formula is C20H24O3. The summed E-state index contributed by atoms with van der Waals surface area (Å²) in [6, 6.07) is 15.6. The highest BCUT2D eigenvalue weighted by molar-refractivity contribution is 5.72. The Bertz CT molecular complexity index is 630. The first kappa shape index (κ1) is 17.1. The molecule has 23 heavy (non-hydrogen) atoms. The van der Waals surface area contributed by atoms with Gasteiger partial charge in [0.05, 0.1) is 6.61 Å². The fourth-order valence-corrected chi connectivity index (χ4v) is 2.20. The monoisotopic (exact) mass is 312 g/mol. The average molecular weight is 312 g/mol. The third-order valence-electron chi connectivity index (χ3n) is 3.66. The first-order valence-corrected chi connectivity index (χ1v) is 8.05. The molecule has 0 aromatic heterocycles. The maximum absolute atomic E-state index is 11.8. The molecule has 0 aliphatic heterocycles. The topological polar surface area (TPSA) is 35.5 Å².